The summed E-state index contributed by atoms with van der Waals surface area (Å²) in [6.45, 7) is 8.42. The van der Waals surface area contributed by atoms with Crippen molar-refractivity contribution in [1.29, 1.82) is 0 Å². The van der Waals surface area contributed by atoms with Crippen LogP contribution in [0.1, 0.15) is 6.92 Å². The molecular weight excluding hydrogens is 130 g/mol. The van der Waals surface area contributed by atoms with Crippen LogP contribution in [0.5, 0.6) is 0 Å². The van der Waals surface area contributed by atoms with Gasteiger partial charge in [-0.15, -0.1) is 6.58 Å². The van der Waals surface area contributed by atoms with Crippen molar-refractivity contribution in [3.63, 3.8) is 0 Å². The van der Waals surface area contributed by atoms with E-state index in [9.17, 15) is 4.79 Å². The SMILES string of the molecule is C=CCN.C=COC(C)=O. The van der Waals surface area contributed by atoms with Crippen LogP contribution in [0.4, 0.5) is 0 Å². The van der Waals surface area contributed by atoms with Gasteiger partial charge >= 0.3 is 5.97 Å². The summed E-state index contributed by atoms with van der Waals surface area (Å²) in [5.41, 5.74) is 4.91. The summed E-state index contributed by atoms with van der Waals surface area (Å²) in [5, 5.41) is 0. The van der Waals surface area contributed by atoms with E-state index in [1.54, 1.807) is 6.08 Å². The summed E-state index contributed by atoms with van der Waals surface area (Å²) in [4.78, 5) is 9.75. The number of carbonyl (C=O) groups is 1. The van der Waals surface area contributed by atoms with Crippen LogP contribution in [0, 0.1) is 0 Å². The maximum absolute atomic E-state index is 9.75. The predicted octanol–water partition coefficient (Wildman–Crippen LogP) is 0.824. The summed E-state index contributed by atoms with van der Waals surface area (Å²) in [5.74, 6) is -0.329. The number of esters is 1. The monoisotopic (exact) mass is 143 g/mol. The van der Waals surface area contributed by atoms with E-state index in [1.807, 2.05) is 0 Å². The van der Waals surface area contributed by atoms with Crippen molar-refractivity contribution in [1.82, 2.24) is 0 Å². The Labute approximate surface area is 61.2 Å². The molecule has 0 fully saturated rings. The van der Waals surface area contributed by atoms with Crippen LogP contribution < -0.4 is 5.73 Å². The number of ether oxygens (including phenoxy) is 1. The van der Waals surface area contributed by atoms with E-state index in [0.29, 0.717) is 6.54 Å². The first-order chi connectivity index (χ1) is 4.68. The van der Waals surface area contributed by atoms with Gasteiger partial charge in [-0.05, 0) is 0 Å². The van der Waals surface area contributed by atoms with Crippen LogP contribution in [-0.2, 0) is 9.53 Å². The number of rotatable bonds is 2. The summed E-state index contributed by atoms with van der Waals surface area (Å²) >= 11 is 0. The van der Waals surface area contributed by atoms with Crippen molar-refractivity contribution >= 4 is 5.97 Å². The summed E-state index contributed by atoms with van der Waals surface area (Å²) in [6, 6.07) is 0. The highest BCUT2D eigenvalue weighted by Gasteiger charge is 1.79. The molecule has 0 unspecified atom stereocenters. The number of nitrogens with two attached hydrogens (primary N) is 1. The average Bonchev–Trinajstić information content (AvgIpc) is 1.89. The minimum atomic E-state index is -0.329. The Hall–Kier alpha value is -1.09. The van der Waals surface area contributed by atoms with Crippen LogP contribution in [0.25, 0.3) is 0 Å². The van der Waals surface area contributed by atoms with Crippen molar-refractivity contribution in [2.75, 3.05) is 6.54 Å². The van der Waals surface area contributed by atoms with E-state index in [1.165, 1.54) is 6.92 Å². The molecule has 0 saturated carbocycles. The molecule has 0 aliphatic heterocycles. The first-order valence-electron chi connectivity index (χ1n) is 2.78. The van der Waals surface area contributed by atoms with E-state index >= 15 is 0 Å². The smallest absolute Gasteiger partial charge is 0.307 e. The lowest BCUT2D eigenvalue weighted by Gasteiger charge is -1.83. The number of hydrogen-bond donors (Lipinski definition) is 1. The second kappa shape index (κ2) is 10.8. The molecule has 0 aromatic carbocycles. The molecule has 0 aliphatic rings. The molecule has 0 saturated heterocycles. The van der Waals surface area contributed by atoms with Gasteiger partial charge in [-0.3, -0.25) is 4.79 Å². The van der Waals surface area contributed by atoms with Crippen LogP contribution in [0.3, 0.4) is 0 Å². The van der Waals surface area contributed by atoms with Gasteiger partial charge in [-0.1, -0.05) is 12.7 Å². The first kappa shape index (κ1) is 11.7. The molecule has 0 radical (unpaired) electrons. The second-order valence-corrected chi connectivity index (χ2v) is 1.30. The van der Waals surface area contributed by atoms with Gasteiger partial charge in [-0.25, -0.2) is 0 Å². The third-order valence-electron chi connectivity index (χ3n) is 0.416. The molecule has 58 valence electrons. The number of carbonyl (C=O) groups excluding carboxylic acids is 1. The van der Waals surface area contributed by atoms with Gasteiger partial charge in [0.1, 0.15) is 0 Å². The third-order valence-corrected chi connectivity index (χ3v) is 0.416. The molecule has 0 bridgehead atoms. The van der Waals surface area contributed by atoms with E-state index in [-0.39, 0.29) is 5.97 Å². The van der Waals surface area contributed by atoms with Crippen LogP contribution in [0.15, 0.2) is 25.5 Å². The fourth-order valence-electron chi connectivity index (χ4n) is 0.117. The average molecular weight is 143 g/mol. The predicted molar refractivity (Wildman–Crippen MR) is 41.2 cm³/mol. The summed E-state index contributed by atoms with van der Waals surface area (Å²) < 4.78 is 4.17. The van der Waals surface area contributed by atoms with Gasteiger partial charge in [0.25, 0.3) is 0 Å². The minimum Gasteiger partial charge on any atom is -0.435 e. The van der Waals surface area contributed by atoms with Gasteiger partial charge in [0.15, 0.2) is 0 Å². The zero-order valence-corrected chi connectivity index (χ0v) is 6.17. The summed E-state index contributed by atoms with van der Waals surface area (Å²) in [7, 11) is 0. The first-order valence-corrected chi connectivity index (χ1v) is 2.78. The molecule has 0 rings (SSSR count). The zero-order valence-electron chi connectivity index (χ0n) is 6.17. The van der Waals surface area contributed by atoms with E-state index in [4.69, 9.17) is 5.73 Å². The lowest BCUT2D eigenvalue weighted by molar-refractivity contribution is -0.135. The van der Waals surface area contributed by atoms with E-state index in [2.05, 4.69) is 17.9 Å². The topological polar surface area (TPSA) is 52.3 Å². The van der Waals surface area contributed by atoms with Crippen molar-refractivity contribution < 1.29 is 9.53 Å². The van der Waals surface area contributed by atoms with Gasteiger partial charge in [-0.2, -0.15) is 0 Å². The van der Waals surface area contributed by atoms with Crippen molar-refractivity contribution in [3.8, 4) is 0 Å². The van der Waals surface area contributed by atoms with Gasteiger partial charge in [0.2, 0.25) is 0 Å². The highest BCUT2D eigenvalue weighted by Crippen LogP contribution is 1.70. The molecule has 0 spiro atoms. The molecule has 10 heavy (non-hydrogen) atoms. The fourth-order valence-corrected chi connectivity index (χ4v) is 0.117. The molecule has 3 heteroatoms. The molecule has 3 nitrogen and oxygen atoms in total. The Morgan fingerprint density at radius 3 is 2.10 bits per heavy atom. The Balaban J connectivity index is 0. The lowest BCUT2D eigenvalue weighted by Crippen LogP contribution is -1.90. The van der Waals surface area contributed by atoms with Gasteiger partial charge in [0, 0.05) is 13.5 Å². The molecular formula is C7H13NO2. The maximum atomic E-state index is 9.75. The summed E-state index contributed by atoms with van der Waals surface area (Å²) in [6.07, 6.45) is 2.75. The lowest BCUT2D eigenvalue weighted by atomic mass is 10.7. The molecule has 0 amide bonds. The molecule has 0 heterocycles. The van der Waals surface area contributed by atoms with Crippen LogP contribution in [-0.4, -0.2) is 12.5 Å². The van der Waals surface area contributed by atoms with E-state index in [0.717, 1.165) is 6.26 Å². The molecule has 2 N–H and O–H groups in total. The molecule has 0 aromatic rings. The van der Waals surface area contributed by atoms with Crippen LogP contribution >= 0.6 is 0 Å². The highest BCUT2D eigenvalue weighted by atomic mass is 16.5. The largest absolute Gasteiger partial charge is 0.435 e. The standard InChI is InChI=1S/C4H6O2.C3H7N/c1-3-6-4(2)5;1-2-3-4/h3H,1H2,2H3;2H,1,3-4H2. The third kappa shape index (κ3) is 28.5. The Morgan fingerprint density at radius 1 is 1.70 bits per heavy atom. The van der Waals surface area contributed by atoms with Crippen LogP contribution in [0.2, 0.25) is 0 Å². The quantitative estimate of drug-likeness (QED) is 0.354. The van der Waals surface area contributed by atoms with Gasteiger partial charge < -0.3 is 10.5 Å². The number of hydrogen-bond acceptors (Lipinski definition) is 3. The van der Waals surface area contributed by atoms with E-state index < -0.39 is 0 Å². The second-order valence-electron chi connectivity index (χ2n) is 1.30. The van der Waals surface area contributed by atoms with Crippen molar-refractivity contribution in [2.24, 2.45) is 5.73 Å². The molecule has 0 atom stereocenters. The Morgan fingerprint density at radius 2 is 2.10 bits per heavy atom. The fraction of sp³-hybridized carbons (Fsp3) is 0.286. The van der Waals surface area contributed by atoms with Crippen molar-refractivity contribution in [3.05, 3.63) is 25.5 Å². The molecule has 0 aliphatic carbocycles. The Bertz CT molecular complexity index is 110. The minimum absolute atomic E-state index is 0.329. The molecule has 0 aromatic heterocycles. The van der Waals surface area contributed by atoms with Crippen molar-refractivity contribution in [2.45, 2.75) is 6.92 Å². The van der Waals surface area contributed by atoms with Gasteiger partial charge in [0.05, 0.1) is 6.26 Å². The highest BCUT2D eigenvalue weighted by molar-refractivity contribution is 5.66. The zero-order chi connectivity index (χ0) is 8.41. The Kier molecular flexibility index (Phi) is 12.6. The maximum Gasteiger partial charge on any atom is 0.307 e. The normalized spacial score (nSPS) is 6.60.